The Morgan fingerprint density at radius 1 is 1.41 bits per heavy atom. The molecule has 6 nitrogen and oxygen atoms in total. The number of fused-ring (bicyclic) bond motifs is 1. The van der Waals surface area contributed by atoms with E-state index in [4.69, 9.17) is 0 Å². The summed E-state index contributed by atoms with van der Waals surface area (Å²) in [6.07, 6.45) is 1.63. The molecule has 140 valence electrons. The van der Waals surface area contributed by atoms with Gasteiger partial charge in [0.15, 0.2) is 16.7 Å². The number of carbonyl (C=O) groups excluding carboxylic acids is 2. The summed E-state index contributed by atoms with van der Waals surface area (Å²) in [5.41, 5.74) is 2.21. The third-order valence-electron chi connectivity index (χ3n) is 4.26. The van der Waals surface area contributed by atoms with Gasteiger partial charge in [0.05, 0.1) is 16.8 Å². The number of aromatic nitrogens is 3. The summed E-state index contributed by atoms with van der Waals surface area (Å²) in [6.45, 7) is 9.05. The molecule has 0 amide bonds. The molecule has 0 aromatic carbocycles. The standard InChI is InChI=1S/C19H19N3O3S2/c1-5-7-22-18(25)13-6-8-26-17(13)21-19(22)27-9-14(24)16-10(2)15(12(4)23)11(3)20-16/h5-6,8,20H,1,7,9H2,2-4H3. The van der Waals surface area contributed by atoms with E-state index in [2.05, 4.69) is 16.5 Å². The molecule has 3 aromatic heterocycles. The van der Waals surface area contributed by atoms with Crippen LogP contribution < -0.4 is 5.56 Å². The fourth-order valence-electron chi connectivity index (χ4n) is 3.09. The van der Waals surface area contributed by atoms with Crippen molar-refractivity contribution >= 4 is 44.9 Å². The number of nitrogens with one attached hydrogen (secondary N) is 1. The number of Topliss-reactive ketones (excluding diaryl/α,β-unsaturated/α-hetero) is 2. The molecule has 0 aliphatic carbocycles. The van der Waals surface area contributed by atoms with E-state index in [1.165, 1.54) is 34.6 Å². The molecule has 0 aliphatic heterocycles. The van der Waals surface area contributed by atoms with E-state index in [9.17, 15) is 14.4 Å². The molecular weight excluding hydrogens is 382 g/mol. The Labute approximate surface area is 164 Å². The number of aromatic amines is 1. The van der Waals surface area contributed by atoms with Crippen LogP contribution in [0.4, 0.5) is 0 Å². The van der Waals surface area contributed by atoms with Gasteiger partial charge in [0.2, 0.25) is 0 Å². The Hall–Kier alpha value is -2.45. The van der Waals surface area contributed by atoms with E-state index in [0.29, 0.717) is 44.4 Å². The lowest BCUT2D eigenvalue weighted by molar-refractivity contribution is 0.101. The SMILES string of the molecule is C=CCn1c(SCC(=O)c2[nH]c(C)c(C(C)=O)c2C)nc2sccc2c1=O. The highest BCUT2D eigenvalue weighted by Crippen LogP contribution is 2.24. The second kappa shape index (κ2) is 7.66. The zero-order valence-corrected chi connectivity index (χ0v) is 16.9. The highest BCUT2D eigenvalue weighted by atomic mass is 32.2. The minimum absolute atomic E-state index is 0.0717. The summed E-state index contributed by atoms with van der Waals surface area (Å²) < 4.78 is 1.52. The normalized spacial score (nSPS) is 11.1. The Morgan fingerprint density at radius 2 is 2.15 bits per heavy atom. The number of hydrogen-bond donors (Lipinski definition) is 1. The number of rotatable bonds is 7. The Morgan fingerprint density at radius 3 is 2.78 bits per heavy atom. The molecular formula is C19H19N3O3S2. The highest BCUT2D eigenvalue weighted by Gasteiger charge is 2.21. The number of allylic oxidation sites excluding steroid dienone is 1. The maximum absolute atomic E-state index is 12.7. The first kappa shape index (κ1) is 19.3. The monoisotopic (exact) mass is 401 g/mol. The molecule has 0 spiro atoms. The largest absolute Gasteiger partial charge is 0.355 e. The molecule has 27 heavy (non-hydrogen) atoms. The molecule has 3 rings (SSSR count). The van der Waals surface area contributed by atoms with Crippen LogP contribution in [0.15, 0.2) is 34.1 Å². The van der Waals surface area contributed by atoms with Crippen LogP contribution in [-0.4, -0.2) is 31.9 Å². The molecule has 0 aliphatic rings. The summed E-state index contributed by atoms with van der Waals surface area (Å²) in [5.74, 6) is -0.102. The van der Waals surface area contributed by atoms with Gasteiger partial charge >= 0.3 is 0 Å². The van der Waals surface area contributed by atoms with Gasteiger partial charge in [-0.1, -0.05) is 17.8 Å². The average molecular weight is 402 g/mol. The minimum atomic E-state index is -0.140. The van der Waals surface area contributed by atoms with Crippen LogP contribution in [0.5, 0.6) is 0 Å². The summed E-state index contributed by atoms with van der Waals surface area (Å²) in [5, 5.41) is 2.88. The molecule has 0 bridgehead atoms. The smallest absolute Gasteiger partial charge is 0.263 e. The molecule has 8 heteroatoms. The summed E-state index contributed by atoms with van der Waals surface area (Å²) in [6, 6.07) is 1.75. The lowest BCUT2D eigenvalue weighted by Crippen LogP contribution is -2.22. The van der Waals surface area contributed by atoms with Gasteiger partial charge in [-0.05, 0) is 37.8 Å². The van der Waals surface area contributed by atoms with Gasteiger partial charge in [0.25, 0.3) is 5.56 Å². The topological polar surface area (TPSA) is 84.8 Å². The van der Waals surface area contributed by atoms with Gasteiger partial charge in [0, 0.05) is 17.8 Å². The van der Waals surface area contributed by atoms with E-state index < -0.39 is 0 Å². The molecule has 0 saturated heterocycles. The number of thioether (sulfide) groups is 1. The van der Waals surface area contributed by atoms with Crippen LogP contribution in [0.3, 0.4) is 0 Å². The van der Waals surface area contributed by atoms with Crippen LogP contribution >= 0.6 is 23.1 Å². The number of hydrogen-bond acceptors (Lipinski definition) is 6. The van der Waals surface area contributed by atoms with Crippen LogP contribution in [0.1, 0.15) is 39.0 Å². The van der Waals surface area contributed by atoms with Gasteiger partial charge < -0.3 is 4.98 Å². The Kier molecular flexibility index (Phi) is 5.48. The zero-order valence-electron chi connectivity index (χ0n) is 15.3. The van der Waals surface area contributed by atoms with E-state index in [1.807, 2.05) is 5.38 Å². The number of nitrogens with zero attached hydrogens (tertiary/aromatic N) is 2. The average Bonchev–Trinajstić information content (AvgIpc) is 3.19. The number of thiophene rings is 1. The third-order valence-corrected chi connectivity index (χ3v) is 6.04. The fraction of sp³-hybridized carbons (Fsp3) is 0.263. The van der Waals surface area contributed by atoms with Crippen molar-refractivity contribution in [2.45, 2.75) is 32.5 Å². The fourth-order valence-corrected chi connectivity index (χ4v) is 4.78. The maximum atomic E-state index is 12.7. The predicted octanol–water partition coefficient (Wildman–Crippen LogP) is 3.77. The van der Waals surface area contributed by atoms with Gasteiger partial charge in [-0.15, -0.1) is 17.9 Å². The van der Waals surface area contributed by atoms with Crippen LogP contribution in [0.2, 0.25) is 0 Å². The molecule has 0 saturated carbocycles. The van der Waals surface area contributed by atoms with Crippen LogP contribution in [-0.2, 0) is 6.54 Å². The molecule has 0 fully saturated rings. The molecule has 0 atom stereocenters. The van der Waals surface area contributed by atoms with Crippen LogP contribution in [0.25, 0.3) is 10.2 Å². The molecule has 1 N–H and O–H groups in total. The van der Waals surface area contributed by atoms with Gasteiger partial charge in [-0.3, -0.25) is 19.0 Å². The van der Waals surface area contributed by atoms with Crippen molar-refractivity contribution in [3.05, 3.63) is 57.0 Å². The van der Waals surface area contributed by atoms with Crippen molar-refractivity contribution in [1.82, 2.24) is 14.5 Å². The first-order valence-corrected chi connectivity index (χ1v) is 10.2. The molecule has 0 unspecified atom stereocenters. The summed E-state index contributed by atoms with van der Waals surface area (Å²) in [7, 11) is 0. The van der Waals surface area contributed by atoms with Gasteiger partial charge in [-0.2, -0.15) is 0 Å². The number of carbonyl (C=O) groups is 2. The third kappa shape index (κ3) is 3.54. The van der Waals surface area contributed by atoms with Crippen molar-refractivity contribution < 1.29 is 9.59 Å². The Bertz CT molecular complexity index is 1120. The number of ketones is 2. The van der Waals surface area contributed by atoms with Gasteiger partial charge in [-0.25, -0.2) is 4.98 Å². The second-order valence-corrected chi connectivity index (χ2v) is 7.97. The van der Waals surface area contributed by atoms with Crippen molar-refractivity contribution in [3.63, 3.8) is 0 Å². The summed E-state index contributed by atoms with van der Waals surface area (Å²) >= 11 is 2.60. The summed E-state index contributed by atoms with van der Waals surface area (Å²) in [4.78, 5) is 45.3. The van der Waals surface area contributed by atoms with E-state index >= 15 is 0 Å². The van der Waals surface area contributed by atoms with Crippen molar-refractivity contribution in [2.24, 2.45) is 0 Å². The quantitative estimate of drug-likeness (QED) is 0.282. The van der Waals surface area contributed by atoms with E-state index in [-0.39, 0.29) is 22.9 Å². The highest BCUT2D eigenvalue weighted by molar-refractivity contribution is 7.99. The zero-order chi connectivity index (χ0) is 19.7. The Balaban J connectivity index is 1.91. The van der Waals surface area contributed by atoms with Crippen LogP contribution in [0, 0.1) is 13.8 Å². The van der Waals surface area contributed by atoms with Crippen molar-refractivity contribution in [2.75, 3.05) is 5.75 Å². The first-order valence-electron chi connectivity index (χ1n) is 8.30. The first-order chi connectivity index (χ1) is 12.8. The van der Waals surface area contributed by atoms with E-state index in [1.54, 1.807) is 26.0 Å². The molecule has 3 aromatic rings. The minimum Gasteiger partial charge on any atom is -0.355 e. The van der Waals surface area contributed by atoms with Gasteiger partial charge in [0.1, 0.15) is 4.83 Å². The lowest BCUT2D eigenvalue weighted by Gasteiger charge is -2.09. The maximum Gasteiger partial charge on any atom is 0.263 e. The second-order valence-electron chi connectivity index (χ2n) is 6.13. The lowest BCUT2D eigenvalue weighted by atomic mass is 10.1. The number of H-pyrrole nitrogens is 1. The van der Waals surface area contributed by atoms with Crippen molar-refractivity contribution in [3.8, 4) is 0 Å². The predicted molar refractivity (Wildman–Crippen MR) is 109 cm³/mol. The van der Waals surface area contributed by atoms with E-state index in [0.717, 1.165) is 0 Å². The molecule has 0 radical (unpaired) electrons. The molecule has 3 heterocycles. The number of aryl methyl sites for hydroxylation is 1. The van der Waals surface area contributed by atoms with Crippen molar-refractivity contribution in [1.29, 1.82) is 0 Å².